The third-order valence-corrected chi connectivity index (χ3v) is 4.03. The van der Waals surface area contributed by atoms with E-state index in [-0.39, 0.29) is 0 Å². The van der Waals surface area contributed by atoms with Gasteiger partial charge in [0.1, 0.15) is 0 Å². The second-order valence-corrected chi connectivity index (χ2v) is 5.45. The molecule has 2 aromatic carbocycles. The van der Waals surface area contributed by atoms with Gasteiger partial charge in [-0.1, -0.05) is 24.3 Å². The molecular formula is C18H19N. The third-order valence-electron chi connectivity index (χ3n) is 4.03. The minimum Gasteiger partial charge on any atom is -0.350 e. The molecule has 0 saturated carbocycles. The molecule has 0 aliphatic heterocycles. The lowest BCUT2D eigenvalue weighted by molar-refractivity contribution is 0.964. The van der Waals surface area contributed by atoms with Gasteiger partial charge in [0.25, 0.3) is 0 Å². The number of aromatic nitrogens is 1. The normalized spacial score (nSPS) is 11.2. The first kappa shape index (κ1) is 12.0. The van der Waals surface area contributed by atoms with Crippen molar-refractivity contribution in [3.05, 3.63) is 59.3 Å². The average molecular weight is 249 g/mol. The third kappa shape index (κ3) is 1.95. The molecule has 1 heteroatoms. The molecule has 96 valence electrons. The summed E-state index contributed by atoms with van der Waals surface area (Å²) in [6, 6.07) is 13.4. The van der Waals surface area contributed by atoms with Crippen molar-refractivity contribution in [2.75, 3.05) is 0 Å². The summed E-state index contributed by atoms with van der Waals surface area (Å²) >= 11 is 0. The summed E-state index contributed by atoms with van der Waals surface area (Å²) in [7, 11) is 2.10. The van der Waals surface area contributed by atoms with Crippen molar-refractivity contribution in [2.45, 2.75) is 20.8 Å². The van der Waals surface area contributed by atoms with Crippen LogP contribution in [0.1, 0.15) is 16.7 Å². The van der Waals surface area contributed by atoms with Crippen LogP contribution in [0.3, 0.4) is 0 Å². The minimum atomic E-state index is 1.30. The van der Waals surface area contributed by atoms with Crippen molar-refractivity contribution in [3.63, 3.8) is 0 Å². The van der Waals surface area contributed by atoms with Crippen molar-refractivity contribution in [3.8, 4) is 11.1 Å². The Morgan fingerprint density at radius 1 is 0.737 bits per heavy atom. The minimum absolute atomic E-state index is 1.30. The number of aryl methyl sites for hydroxylation is 4. The standard InChI is InChI=1S/C18H19N/c1-12-5-6-15(9-13(12)2)16-7-8-18-17(10-16)14(3)11-19(18)4/h5-11H,1-4H3. The lowest BCUT2D eigenvalue weighted by atomic mass is 9.99. The Morgan fingerprint density at radius 2 is 1.42 bits per heavy atom. The van der Waals surface area contributed by atoms with Gasteiger partial charge in [0.15, 0.2) is 0 Å². The maximum atomic E-state index is 2.30. The predicted molar refractivity (Wildman–Crippen MR) is 82.6 cm³/mol. The molecule has 0 bridgehead atoms. The van der Waals surface area contributed by atoms with Gasteiger partial charge in [0, 0.05) is 24.1 Å². The molecule has 0 spiro atoms. The zero-order chi connectivity index (χ0) is 13.6. The van der Waals surface area contributed by atoms with Crippen LogP contribution in [0.2, 0.25) is 0 Å². The van der Waals surface area contributed by atoms with Crippen molar-refractivity contribution >= 4 is 10.9 Å². The molecule has 0 fully saturated rings. The van der Waals surface area contributed by atoms with E-state index in [4.69, 9.17) is 0 Å². The van der Waals surface area contributed by atoms with E-state index in [0.717, 1.165) is 0 Å². The fraction of sp³-hybridized carbons (Fsp3) is 0.222. The summed E-state index contributed by atoms with van der Waals surface area (Å²) in [4.78, 5) is 0. The van der Waals surface area contributed by atoms with Crippen LogP contribution in [-0.2, 0) is 7.05 Å². The summed E-state index contributed by atoms with van der Waals surface area (Å²) < 4.78 is 2.19. The fourth-order valence-corrected chi connectivity index (χ4v) is 2.69. The Bertz CT molecular complexity index is 763. The molecule has 0 saturated heterocycles. The van der Waals surface area contributed by atoms with Gasteiger partial charge in [-0.25, -0.2) is 0 Å². The quantitative estimate of drug-likeness (QED) is 0.585. The molecule has 0 N–H and O–H groups in total. The van der Waals surface area contributed by atoms with Crippen LogP contribution < -0.4 is 0 Å². The van der Waals surface area contributed by atoms with Gasteiger partial charge in [-0.05, 0) is 60.7 Å². The van der Waals surface area contributed by atoms with Gasteiger partial charge >= 0.3 is 0 Å². The highest BCUT2D eigenvalue weighted by molar-refractivity contribution is 5.88. The summed E-state index contributed by atoms with van der Waals surface area (Å²) in [5.74, 6) is 0. The monoisotopic (exact) mass is 249 g/mol. The summed E-state index contributed by atoms with van der Waals surface area (Å²) in [5.41, 5.74) is 7.93. The molecule has 1 nitrogen and oxygen atoms in total. The van der Waals surface area contributed by atoms with E-state index in [9.17, 15) is 0 Å². The van der Waals surface area contributed by atoms with Gasteiger partial charge in [0.05, 0.1) is 0 Å². The van der Waals surface area contributed by atoms with Crippen LogP contribution in [0.15, 0.2) is 42.6 Å². The number of nitrogens with zero attached hydrogens (tertiary/aromatic N) is 1. The molecule has 3 rings (SSSR count). The number of fused-ring (bicyclic) bond motifs is 1. The maximum absolute atomic E-state index is 2.30. The number of rotatable bonds is 1. The van der Waals surface area contributed by atoms with E-state index < -0.39 is 0 Å². The van der Waals surface area contributed by atoms with Crippen molar-refractivity contribution in [1.29, 1.82) is 0 Å². The van der Waals surface area contributed by atoms with E-state index in [0.29, 0.717) is 0 Å². The van der Waals surface area contributed by atoms with E-state index in [2.05, 4.69) is 75.0 Å². The first-order chi connectivity index (χ1) is 9.06. The number of benzene rings is 2. The zero-order valence-corrected chi connectivity index (χ0v) is 12.0. The van der Waals surface area contributed by atoms with Crippen LogP contribution >= 0.6 is 0 Å². The molecule has 1 aromatic heterocycles. The van der Waals surface area contributed by atoms with Crippen LogP contribution in [-0.4, -0.2) is 4.57 Å². The highest BCUT2D eigenvalue weighted by Crippen LogP contribution is 2.28. The lowest BCUT2D eigenvalue weighted by Gasteiger charge is -2.06. The van der Waals surface area contributed by atoms with Gasteiger partial charge in [-0.2, -0.15) is 0 Å². The molecule has 0 unspecified atom stereocenters. The van der Waals surface area contributed by atoms with Gasteiger partial charge in [-0.15, -0.1) is 0 Å². The Labute approximate surface area is 114 Å². The van der Waals surface area contributed by atoms with Crippen molar-refractivity contribution < 1.29 is 0 Å². The van der Waals surface area contributed by atoms with E-state index >= 15 is 0 Å². The lowest BCUT2D eigenvalue weighted by Crippen LogP contribution is -1.85. The highest BCUT2D eigenvalue weighted by atomic mass is 14.9. The molecule has 0 radical (unpaired) electrons. The average Bonchev–Trinajstić information content (AvgIpc) is 2.68. The van der Waals surface area contributed by atoms with Gasteiger partial charge < -0.3 is 4.57 Å². The van der Waals surface area contributed by atoms with E-state index in [1.807, 2.05) is 0 Å². The molecule has 0 aliphatic carbocycles. The highest BCUT2D eigenvalue weighted by Gasteiger charge is 2.06. The van der Waals surface area contributed by atoms with E-state index in [1.165, 1.54) is 38.7 Å². The summed E-state index contributed by atoms with van der Waals surface area (Å²) in [6.45, 7) is 6.50. The smallest absolute Gasteiger partial charge is 0.0480 e. The van der Waals surface area contributed by atoms with Crippen molar-refractivity contribution in [2.24, 2.45) is 7.05 Å². The van der Waals surface area contributed by atoms with Crippen LogP contribution in [0.5, 0.6) is 0 Å². The van der Waals surface area contributed by atoms with Crippen LogP contribution in [0, 0.1) is 20.8 Å². The fourth-order valence-electron chi connectivity index (χ4n) is 2.69. The van der Waals surface area contributed by atoms with E-state index in [1.54, 1.807) is 0 Å². The SMILES string of the molecule is Cc1ccc(-c2ccc3c(c2)c(C)cn3C)cc1C. The summed E-state index contributed by atoms with van der Waals surface area (Å²) in [5, 5.41) is 1.35. The van der Waals surface area contributed by atoms with Crippen LogP contribution in [0.4, 0.5) is 0 Å². The Morgan fingerprint density at radius 3 is 2.16 bits per heavy atom. The van der Waals surface area contributed by atoms with Gasteiger partial charge in [-0.3, -0.25) is 0 Å². The molecule has 3 aromatic rings. The number of hydrogen-bond donors (Lipinski definition) is 0. The Hall–Kier alpha value is -2.02. The Balaban J connectivity index is 2.19. The molecule has 0 amide bonds. The Kier molecular flexibility index (Phi) is 2.70. The zero-order valence-electron chi connectivity index (χ0n) is 12.0. The molecule has 0 aliphatic rings. The second kappa shape index (κ2) is 4.27. The van der Waals surface area contributed by atoms with Crippen molar-refractivity contribution in [1.82, 2.24) is 4.57 Å². The first-order valence-electron chi connectivity index (χ1n) is 6.69. The largest absolute Gasteiger partial charge is 0.350 e. The second-order valence-electron chi connectivity index (χ2n) is 5.45. The molecular weight excluding hydrogens is 230 g/mol. The predicted octanol–water partition coefficient (Wildman–Crippen LogP) is 4.77. The maximum Gasteiger partial charge on any atom is 0.0480 e. The van der Waals surface area contributed by atoms with Gasteiger partial charge in [0.2, 0.25) is 0 Å². The van der Waals surface area contributed by atoms with Crippen LogP contribution in [0.25, 0.3) is 22.0 Å². The topological polar surface area (TPSA) is 4.93 Å². The number of hydrogen-bond acceptors (Lipinski definition) is 0. The molecule has 1 heterocycles. The first-order valence-corrected chi connectivity index (χ1v) is 6.69. The summed E-state index contributed by atoms with van der Waals surface area (Å²) in [6.07, 6.45) is 2.19. The molecule has 19 heavy (non-hydrogen) atoms. The molecule has 0 atom stereocenters.